The summed E-state index contributed by atoms with van der Waals surface area (Å²) in [6.45, 7) is 6.08. The molecular formula is C15H18ClN3OS. The molecule has 0 fully saturated rings. The zero-order valence-corrected chi connectivity index (χ0v) is 13.5. The minimum atomic E-state index is -0.303. The average molecular weight is 324 g/mol. The molecule has 1 unspecified atom stereocenters. The van der Waals surface area contributed by atoms with Crippen molar-refractivity contribution in [1.29, 1.82) is 0 Å². The quantitative estimate of drug-likeness (QED) is 0.780. The lowest BCUT2D eigenvalue weighted by molar-refractivity contribution is 0.647. The van der Waals surface area contributed by atoms with Crippen molar-refractivity contribution >= 4 is 28.6 Å². The van der Waals surface area contributed by atoms with Crippen molar-refractivity contribution in [2.45, 2.75) is 32.4 Å². The molecule has 0 aliphatic heterocycles. The van der Waals surface area contributed by atoms with E-state index in [0.29, 0.717) is 12.2 Å². The summed E-state index contributed by atoms with van der Waals surface area (Å²) in [5.74, 6) is 0. The Morgan fingerprint density at radius 3 is 3.05 bits per heavy atom. The lowest BCUT2D eigenvalue weighted by Gasteiger charge is -2.18. The normalized spacial score (nSPS) is 12.1. The maximum absolute atomic E-state index is 12.1. The Labute approximate surface area is 133 Å². The van der Waals surface area contributed by atoms with E-state index in [-0.39, 0.29) is 16.6 Å². The predicted molar refractivity (Wildman–Crippen MR) is 89.3 cm³/mol. The number of anilines is 1. The van der Waals surface area contributed by atoms with Gasteiger partial charge in [0.05, 0.1) is 24.5 Å². The molecule has 21 heavy (non-hydrogen) atoms. The molecule has 0 bridgehead atoms. The summed E-state index contributed by atoms with van der Waals surface area (Å²) in [6, 6.07) is 4.24. The van der Waals surface area contributed by atoms with E-state index in [1.165, 1.54) is 9.56 Å². The second kappa shape index (κ2) is 7.43. The molecular weight excluding hydrogens is 306 g/mol. The molecule has 0 aromatic carbocycles. The Morgan fingerprint density at radius 2 is 2.43 bits per heavy atom. The molecule has 112 valence electrons. The summed E-state index contributed by atoms with van der Waals surface area (Å²) in [6.07, 6.45) is 5.22. The fraction of sp³-hybridized carbons (Fsp3) is 0.333. The van der Waals surface area contributed by atoms with Gasteiger partial charge < -0.3 is 5.32 Å². The van der Waals surface area contributed by atoms with Crippen LogP contribution in [0.4, 0.5) is 5.69 Å². The monoisotopic (exact) mass is 323 g/mol. The third-order valence-corrected chi connectivity index (χ3v) is 4.43. The van der Waals surface area contributed by atoms with E-state index in [1.807, 2.05) is 11.4 Å². The van der Waals surface area contributed by atoms with Gasteiger partial charge in [0.2, 0.25) is 0 Å². The number of allylic oxidation sites excluding steroid dienone is 1. The molecule has 0 radical (unpaired) electrons. The van der Waals surface area contributed by atoms with Crippen LogP contribution >= 0.6 is 22.9 Å². The van der Waals surface area contributed by atoms with Crippen LogP contribution in [0.15, 0.2) is 41.2 Å². The summed E-state index contributed by atoms with van der Waals surface area (Å²) < 4.78 is 1.29. The molecule has 0 aliphatic carbocycles. The van der Waals surface area contributed by atoms with Crippen molar-refractivity contribution in [1.82, 2.24) is 9.78 Å². The van der Waals surface area contributed by atoms with Gasteiger partial charge in [-0.3, -0.25) is 4.79 Å². The van der Waals surface area contributed by atoms with Crippen LogP contribution in [0.25, 0.3) is 0 Å². The first-order chi connectivity index (χ1) is 10.2. The van der Waals surface area contributed by atoms with Crippen LogP contribution in [-0.2, 0) is 6.54 Å². The minimum Gasteiger partial charge on any atom is -0.375 e. The van der Waals surface area contributed by atoms with Crippen molar-refractivity contribution in [2.24, 2.45) is 0 Å². The zero-order chi connectivity index (χ0) is 15.2. The van der Waals surface area contributed by atoms with Gasteiger partial charge in [0.15, 0.2) is 0 Å². The molecule has 2 heterocycles. The molecule has 6 heteroatoms. The van der Waals surface area contributed by atoms with E-state index in [2.05, 4.69) is 30.0 Å². The van der Waals surface area contributed by atoms with E-state index in [0.717, 1.165) is 12.8 Å². The van der Waals surface area contributed by atoms with Gasteiger partial charge in [-0.25, -0.2) is 4.68 Å². The van der Waals surface area contributed by atoms with Crippen LogP contribution in [0, 0.1) is 0 Å². The number of thiophene rings is 1. The molecule has 0 saturated heterocycles. The van der Waals surface area contributed by atoms with Crippen LogP contribution in [-0.4, -0.2) is 9.78 Å². The highest BCUT2D eigenvalue weighted by Gasteiger charge is 2.15. The summed E-state index contributed by atoms with van der Waals surface area (Å²) in [7, 11) is 0. The average Bonchev–Trinajstić information content (AvgIpc) is 3.00. The Kier molecular flexibility index (Phi) is 5.59. The van der Waals surface area contributed by atoms with Gasteiger partial charge in [0.1, 0.15) is 5.02 Å². The molecule has 2 aromatic heterocycles. The number of halogens is 1. The fourth-order valence-electron chi connectivity index (χ4n) is 2.07. The Hall–Kier alpha value is -1.59. The topological polar surface area (TPSA) is 46.9 Å². The Bertz CT molecular complexity index is 651. The molecule has 0 saturated carbocycles. The Balaban J connectivity index is 2.27. The third-order valence-electron chi connectivity index (χ3n) is 3.08. The number of nitrogens with zero attached hydrogens (tertiary/aromatic N) is 2. The van der Waals surface area contributed by atoms with E-state index < -0.39 is 0 Å². The first-order valence-electron chi connectivity index (χ1n) is 6.83. The number of aromatic nitrogens is 2. The van der Waals surface area contributed by atoms with Gasteiger partial charge in [-0.05, 0) is 17.9 Å². The summed E-state index contributed by atoms with van der Waals surface area (Å²) in [4.78, 5) is 13.3. The van der Waals surface area contributed by atoms with Gasteiger partial charge in [-0.15, -0.1) is 17.9 Å². The number of hydrogen-bond donors (Lipinski definition) is 1. The molecule has 0 amide bonds. The van der Waals surface area contributed by atoms with Gasteiger partial charge >= 0.3 is 0 Å². The molecule has 0 spiro atoms. The van der Waals surface area contributed by atoms with Crippen LogP contribution < -0.4 is 10.9 Å². The van der Waals surface area contributed by atoms with E-state index in [4.69, 9.17) is 11.6 Å². The standard InChI is InChI=1S/C15H18ClN3OS/c1-3-6-11(13-7-5-9-21-13)18-12-10-17-19(8-4-2)15(20)14(12)16/h4-5,7,9-11,18H,2-3,6,8H2,1H3. The predicted octanol–water partition coefficient (Wildman–Crippen LogP) is 4.10. The van der Waals surface area contributed by atoms with Crippen molar-refractivity contribution < 1.29 is 0 Å². The van der Waals surface area contributed by atoms with Crippen molar-refractivity contribution in [3.63, 3.8) is 0 Å². The SMILES string of the molecule is C=CCn1ncc(NC(CCC)c2cccs2)c(Cl)c1=O. The highest BCUT2D eigenvalue weighted by atomic mass is 35.5. The van der Waals surface area contributed by atoms with E-state index >= 15 is 0 Å². The van der Waals surface area contributed by atoms with Crippen molar-refractivity contribution in [2.75, 3.05) is 5.32 Å². The number of hydrogen-bond acceptors (Lipinski definition) is 4. The van der Waals surface area contributed by atoms with Gasteiger partial charge in [-0.1, -0.05) is 37.1 Å². The van der Waals surface area contributed by atoms with Crippen LogP contribution in [0.3, 0.4) is 0 Å². The highest BCUT2D eigenvalue weighted by Crippen LogP contribution is 2.29. The fourth-order valence-corrected chi connectivity index (χ4v) is 3.08. The van der Waals surface area contributed by atoms with Gasteiger partial charge in [-0.2, -0.15) is 5.10 Å². The first-order valence-corrected chi connectivity index (χ1v) is 8.09. The maximum Gasteiger partial charge on any atom is 0.287 e. The third kappa shape index (κ3) is 3.74. The largest absolute Gasteiger partial charge is 0.375 e. The van der Waals surface area contributed by atoms with E-state index in [1.54, 1.807) is 23.6 Å². The summed E-state index contributed by atoms with van der Waals surface area (Å²) >= 11 is 7.86. The molecule has 4 nitrogen and oxygen atoms in total. The molecule has 2 aromatic rings. The van der Waals surface area contributed by atoms with Crippen LogP contribution in [0.2, 0.25) is 5.02 Å². The van der Waals surface area contributed by atoms with Crippen molar-refractivity contribution in [3.05, 3.63) is 56.6 Å². The van der Waals surface area contributed by atoms with E-state index in [9.17, 15) is 4.79 Å². The van der Waals surface area contributed by atoms with Crippen LogP contribution in [0.5, 0.6) is 0 Å². The maximum atomic E-state index is 12.1. The smallest absolute Gasteiger partial charge is 0.287 e. The number of rotatable bonds is 7. The second-order valence-electron chi connectivity index (χ2n) is 4.65. The van der Waals surface area contributed by atoms with Crippen molar-refractivity contribution in [3.8, 4) is 0 Å². The highest BCUT2D eigenvalue weighted by molar-refractivity contribution is 7.10. The lowest BCUT2D eigenvalue weighted by atomic mass is 10.1. The second-order valence-corrected chi connectivity index (χ2v) is 6.01. The van der Waals surface area contributed by atoms with Gasteiger partial charge in [0, 0.05) is 4.88 Å². The van der Waals surface area contributed by atoms with Gasteiger partial charge in [0.25, 0.3) is 5.56 Å². The summed E-state index contributed by atoms with van der Waals surface area (Å²) in [5.41, 5.74) is 0.275. The first kappa shape index (κ1) is 15.8. The Morgan fingerprint density at radius 1 is 1.62 bits per heavy atom. The summed E-state index contributed by atoms with van der Waals surface area (Å²) in [5, 5.41) is 9.66. The molecule has 0 aliphatic rings. The minimum absolute atomic E-state index is 0.143. The molecule has 1 N–H and O–H groups in total. The molecule has 1 atom stereocenters. The van der Waals surface area contributed by atoms with Crippen LogP contribution in [0.1, 0.15) is 30.7 Å². The molecule has 2 rings (SSSR count). The zero-order valence-electron chi connectivity index (χ0n) is 11.9. The number of nitrogens with one attached hydrogen (secondary N) is 1. The lowest BCUT2D eigenvalue weighted by Crippen LogP contribution is -2.24.